The van der Waals surface area contributed by atoms with Gasteiger partial charge in [-0.1, -0.05) is 0 Å². The van der Waals surface area contributed by atoms with Gasteiger partial charge in [-0.25, -0.2) is 9.59 Å². The molecule has 1 unspecified atom stereocenters. The molecule has 33 heavy (non-hydrogen) atoms. The quantitative estimate of drug-likeness (QED) is 0.570. The van der Waals surface area contributed by atoms with E-state index >= 15 is 0 Å². The van der Waals surface area contributed by atoms with Gasteiger partial charge in [0.2, 0.25) is 0 Å². The molecular weight excluding hydrogens is 437 g/mol. The van der Waals surface area contributed by atoms with Crippen molar-refractivity contribution in [1.82, 2.24) is 4.90 Å². The number of likely N-dealkylation sites (tertiary alicyclic amines) is 1. The van der Waals surface area contributed by atoms with Gasteiger partial charge in [0, 0.05) is 24.8 Å². The maximum absolute atomic E-state index is 13.5. The first kappa shape index (κ1) is 25.2. The van der Waals surface area contributed by atoms with Crippen molar-refractivity contribution in [3.8, 4) is 0 Å². The molecule has 1 amide bonds. The number of methoxy groups -OCH3 is 1. The highest BCUT2D eigenvalue weighted by Gasteiger charge is 2.48. The summed E-state index contributed by atoms with van der Waals surface area (Å²) in [6, 6.07) is 3.05. The Hall–Kier alpha value is -2.45. The fraction of sp³-hybridized carbons (Fsp3) is 0.667. The van der Waals surface area contributed by atoms with Crippen molar-refractivity contribution in [2.75, 3.05) is 25.5 Å². The third-order valence-electron chi connectivity index (χ3n) is 6.70. The minimum absolute atomic E-state index is 0.0693. The molecule has 1 aromatic rings. The minimum atomic E-state index is -4.54. The fourth-order valence-corrected chi connectivity index (χ4v) is 4.82. The van der Waals surface area contributed by atoms with E-state index in [-0.39, 0.29) is 34.7 Å². The van der Waals surface area contributed by atoms with Crippen LogP contribution < -0.4 is 5.32 Å². The summed E-state index contributed by atoms with van der Waals surface area (Å²) in [4.78, 5) is 25.8. The Balaban J connectivity index is 1.60. The number of esters is 1. The third-order valence-corrected chi connectivity index (χ3v) is 6.70. The van der Waals surface area contributed by atoms with Gasteiger partial charge in [-0.15, -0.1) is 0 Å². The van der Waals surface area contributed by atoms with Gasteiger partial charge in [-0.3, -0.25) is 0 Å². The van der Waals surface area contributed by atoms with Gasteiger partial charge in [0.25, 0.3) is 0 Å². The van der Waals surface area contributed by atoms with E-state index in [1.54, 1.807) is 4.90 Å². The summed E-state index contributed by atoms with van der Waals surface area (Å²) in [5, 5.41) is 3.00. The molecule has 1 saturated carbocycles. The molecule has 1 spiro atoms. The third kappa shape index (κ3) is 5.92. The topological polar surface area (TPSA) is 67.9 Å². The average Bonchev–Trinajstić information content (AvgIpc) is 2.69. The van der Waals surface area contributed by atoms with E-state index in [9.17, 15) is 22.8 Å². The molecule has 0 radical (unpaired) electrons. The number of amides is 1. The molecule has 0 bridgehead atoms. The molecule has 2 aliphatic rings. The van der Waals surface area contributed by atoms with Crippen LogP contribution in [0.25, 0.3) is 0 Å². The highest BCUT2D eigenvalue weighted by molar-refractivity contribution is 5.90. The van der Waals surface area contributed by atoms with Gasteiger partial charge in [-0.2, -0.15) is 13.2 Å². The smallest absolute Gasteiger partial charge is 0.418 e. The van der Waals surface area contributed by atoms with Crippen molar-refractivity contribution in [2.24, 2.45) is 11.3 Å². The number of piperidine rings is 1. The van der Waals surface area contributed by atoms with Crippen LogP contribution in [-0.2, 0) is 15.7 Å². The predicted molar refractivity (Wildman–Crippen MR) is 118 cm³/mol. The molecule has 6 nitrogen and oxygen atoms in total. The number of carbonyl (C=O) groups excluding carboxylic acids is 2. The molecule has 1 atom stereocenters. The maximum Gasteiger partial charge on any atom is 0.418 e. The molecule has 0 aromatic heterocycles. The molecule has 1 saturated heterocycles. The largest absolute Gasteiger partial charge is 0.465 e. The van der Waals surface area contributed by atoms with Gasteiger partial charge < -0.3 is 19.7 Å². The number of rotatable bonds is 4. The molecule has 1 aliphatic carbocycles. The summed E-state index contributed by atoms with van der Waals surface area (Å²) < 4.78 is 50.6. The summed E-state index contributed by atoms with van der Waals surface area (Å²) >= 11 is 0. The van der Waals surface area contributed by atoms with Crippen molar-refractivity contribution in [2.45, 2.75) is 71.2 Å². The highest BCUT2D eigenvalue weighted by atomic mass is 19.4. The van der Waals surface area contributed by atoms with Crippen LogP contribution in [0.4, 0.5) is 23.7 Å². The van der Waals surface area contributed by atoms with Crippen LogP contribution in [0.3, 0.4) is 0 Å². The monoisotopic (exact) mass is 470 g/mol. The lowest BCUT2D eigenvalue weighted by atomic mass is 9.56. The summed E-state index contributed by atoms with van der Waals surface area (Å²) in [5.74, 6) is -0.472. The molecule has 9 heteroatoms. The molecule has 1 heterocycles. The predicted octanol–water partition coefficient (Wildman–Crippen LogP) is 5.72. The molecule has 3 rings (SSSR count). The van der Waals surface area contributed by atoms with Crippen LogP contribution in [-0.4, -0.2) is 48.8 Å². The molecular formula is C24H33F3N2O4. The van der Waals surface area contributed by atoms with E-state index in [0.29, 0.717) is 13.1 Å². The second-order valence-corrected chi connectivity index (χ2v) is 10.3. The van der Waals surface area contributed by atoms with Crippen molar-refractivity contribution >= 4 is 17.7 Å². The van der Waals surface area contributed by atoms with Crippen LogP contribution in [0, 0.1) is 11.3 Å². The number of nitrogens with zero attached hydrogens (tertiary/aromatic N) is 1. The Morgan fingerprint density at radius 2 is 1.76 bits per heavy atom. The van der Waals surface area contributed by atoms with E-state index in [0.717, 1.165) is 37.8 Å². The van der Waals surface area contributed by atoms with Gasteiger partial charge in [0.05, 0.1) is 18.2 Å². The Morgan fingerprint density at radius 3 is 2.27 bits per heavy atom. The van der Waals surface area contributed by atoms with Crippen LogP contribution in [0.5, 0.6) is 0 Å². The molecule has 2 fully saturated rings. The lowest BCUT2D eigenvalue weighted by molar-refractivity contribution is -0.137. The number of hydrogen-bond acceptors (Lipinski definition) is 5. The standard InChI is InChI=1S/C24H33F3N2O4/c1-15(28-19-12-16(20(30)32-5)6-7-18(19)24(25,26)27)17-13-23(14-17)8-10-29(11-9-23)21(31)33-22(2,3)4/h6-7,12,15,17,28H,8-11,13-14H2,1-5H3. The Kier molecular flexibility index (Phi) is 6.92. The fourth-order valence-electron chi connectivity index (χ4n) is 4.82. The van der Waals surface area contributed by atoms with Gasteiger partial charge in [-0.05, 0) is 82.9 Å². The van der Waals surface area contributed by atoms with Gasteiger partial charge in [0.1, 0.15) is 5.60 Å². The van der Waals surface area contributed by atoms with E-state index < -0.39 is 23.3 Å². The summed E-state index contributed by atoms with van der Waals surface area (Å²) in [6.07, 6.45) is -1.33. The number of alkyl halides is 3. The zero-order chi connectivity index (χ0) is 24.6. The maximum atomic E-state index is 13.5. The van der Waals surface area contributed by atoms with E-state index in [2.05, 4.69) is 10.1 Å². The van der Waals surface area contributed by atoms with Crippen LogP contribution in [0.2, 0.25) is 0 Å². The number of anilines is 1. The van der Waals surface area contributed by atoms with Crippen molar-refractivity contribution in [3.05, 3.63) is 29.3 Å². The van der Waals surface area contributed by atoms with Crippen LogP contribution >= 0.6 is 0 Å². The van der Waals surface area contributed by atoms with E-state index in [4.69, 9.17) is 4.74 Å². The number of carbonyl (C=O) groups is 2. The Labute approximate surface area is 192 Å². The average molecular weight is 471 g/mol. The number of benzene rings is 1. The second kappa shape index (κ2) is 9.06. The first-order valence-electron chi connectivity index (χ1n) is 11.3. The lowest BCUT2D eigenvalue weighted by Crippen LogP contribution is -2.52. The Bertz CT molecular complexity index is 879. The normalized spacial score (nSPS) is 19.6. The molecule has 1 aromatic carbocycles. The lowest BCUT2D eigenvalue weighted by Gasteiger charge is -2.54. The zero-order valence-corrected chi connectivity index (χ0v) is 19.8. The number of hydrogen-bond donors (Lipinski definition) is 1. The number of halogens is 3. The molecule has 1 aliphatic heterocycles. The number of ether oxygens (including phenoxy) is 2. The first-order chi connectivity index (χ1) is 15.2. The summed E-state index contributed by atoms with van der Waals surface area (Å²) in [6.45, 7) is 8.65. The second-order valence-electron chi connectivity index (χ2n) is 10.3. The Morgan fingerprint density at radius 1 is 1.15 bits per heavy atom. The van der Waals surface area contributed by atoms with Gasteiger partial charge in [0.15, 0.2) is 0 Å². The molecule has 184 valence electrons. The summed E-state index contributed by atoms with van der Waals surface area (Å²) in [5.41, 5.74) is -1.25. The SMILES string of the molecule is COC(=O)c1ccc(C(F)(F)F)c(NC(C)C2CC3(CCN(C(=O)OC(C)(C)C)CC3)C2)c1. The van der Waals surface area contributed by atoms with E-state index in [1.165, 1.54) is 13.2 Å². The van der Waals surface area contributed by atoms with Crippen LogP contribution in [0.15, 0.2) is 18.2 Å². The number of nitrogens with one attached hydrogen (secondary N) is 1. The first-order valence-corrected chi connectivity index (χ1v) is 11.3. The zero-order valence-electron chi connectivity index (χ0n) is 19.8. The highest BCUT2D eigenvalue weighted by Crippen LogP contribution is 2.54. The minimum Gasteiger partial charge on any atom is -0.465 e. The van der Waals surface area contributed by atoms with Crippen LogP contribution in [0.1, 0.15) is 69.3 Å². The molecule has 1 N–H and O–H groups in total. The summed E-state index contributed by atoms with van der Waals surface area (Å²) in [7, 11) is 1.19. The van der Waals surface area contributed by atoms with Crippen molar-refractivity contribution in [3.63, 3.8) is 0 Å². The van der Waals surface area contributed by atoms with Crippen molar-refractivity contribution < 1.29 is 32.2 Å². The van der Waals surface area contributed by atoms with Gasteiger partial charge >= 0.3 is 18.2 Å². The van der Waals surface area contributed by atoms with Crippen molar-refractivity contribution in [1.29, 1.82) is 0 Å². The van der Waals surface area contributed by atoms with E-state index in [1.807, 2.05) is 27.7 Å².